The second-order valence-electron chi connectivity index (χ2n) is 7.67. The Kier molecular flexibility index (Phi) is 6.47. The van der Waals surface area contributed by atoms with Crippen molar-refractivity contribution in [1.29, 1.82) is 0 Å². The zero-order valence-corrected chi connectivity index (χ0v) is 18.2. The molecule has 6 nitrogen and oxygen atoms in total. The Balaban J connectivity index is 1.33. The lowest BCUT2D eigenvalue weighted by molar-refractivity contribution is -0.131. The van der Waals surface area contributed by atoms with Gasteiger partial charge in [-0.05, 0) is 54.8 Å². The predicted octanol–water partition coefficient (Wildman–Crippen LogP) is 4.40. The average Bonchev–Trinajstić information content (AvgIpc) is 3.04. The summed E-state index contributed by atoms with van der Waals surface area (Å²) in [5.74, 6) is 1.07. The van der Waals surface area contributed by atoms with Crippen molar-refractivity contribution in [3.05, 3.63) is 64.9 Å². The standard InChI is InChI=1S/C24H25ClN2O4/c1-30-20-7-3-17(4-8-20)5-10-23(28)26-11-2-12-27(14-13-26)24(29)22-16-18-15-19(25)6-9-21(18)31-22/h3-4,6-9,15-16H,2,5,10-14H2,1H3. The Morgan fingerprint density at radius 1 is 1.00 bits per heavy atom. The highest BCUT2D eigenvalue weighted by molar-refractivity contribution is 6.31. The summed E-state index contributed by atoms with van der Waals surface area (Å²) in [5.41, 5.74) is 1.74. The third-order valence-corrected chi connectivity index (χ3v) is 5.85. The number of fused-ring (bicyclic) bond motifs is 1. The van der Waals surface area contributed by atoms with Crippen molar-refractivity contribution >= 4 is 34.4 Å². The van der Waals surface area contributed by atoms with Crippen LogP contribution in [0.25, 0.3) is 11.0 Å². The second-order valence-corrected chi connectivity index (χ2v) is 8.10. The number of amides is 2. The lowest BCUT2D eigenvalue weighted by Gasteiger charge is -2.21. The fourth-order valence-corrected chi connectivity index (χ4v) is 4.03. The molecule has 1 aromatic heterocycles. The van der Waals surface area contributed by atoms with Crippen molar-refractivity contribution < 1.29 is 18.7 Å². The van der Waals surface area contributed by atoms with Crippen LogP contribution < -0.4 is 4.74 Å². The van der Waals surface area contributed by atoms with Crippen LogP contribution in [0.15, 0.2) is 52.9 Å². The predicted molar refractivity (Wildman–Crippen MR) is 120 cm³/mol. The largest absolute Gasteiger partial charge is 0.497 e. The van der Waals surface area contributed by atoms with Gasteiger partial charge in [0.15, 0.2) is 5.76 Å². The van der Waals surface area contributed by atoms with E-state index in [9.17, 15) is 9.59 Å². The van der Waals surface area contributed by atoms with Gasteiger partial charge in [-0.1, -0.05) is 23.7 Å². The lowest BCUT2D eigenvalue weighted by atomic mass is 10.1. The summed E-state index contributed by atoms with van der Waals surface area (Å²) in [6.07, 6.45) is 1.88. The van der Waals surface area contributed by atoms with Gasteiger partial charge < -0.3 is 19.0 Å². The molecule has 1 aliphatic rings. The number of halogens is 1. The van der Waals surface area contributed by atoms with E-state index in [0.717, 1.165) is 23.1 Å². The van der Waals surface area contributed by atoms with Crippen LogP contribution in [-0.2, 0) is 11.2 Å². The van der Waals surface area contributed by atoms with Gasteiger partial charge in [0.1, 0.15) is 11.3 Å². The molecule has 2 aromatic carbocycles. The third kappa shape index (κ3) is 5.02. The van der Waals surface area contributed by atoms with E-state index in [2.05, 4.69) is 0 Å². The van der Waals surface area contributed by atoms with Gasteiger partial charge in [0.2, 0.25) is 5.91 Å². The van der Waals surface area contributed by atoms with E-state index in [4.69, 9.17) is 20.8 Å². The number of rotatable bonds is 5. The Morgan fingerprint density at radius 2 is 1.74 bits per heavy atom. The maximum atomic E-state index is 12.9. The zero-order valence-electron chi connectivity index (χ0n) is 17.5. The van der Waals surface area contributed by atoms with E-state index >= 15 is 0 Å². The van der Waals surface area contributed by atoms with Crippen molar-refractivity contribution in [2.24, 2.45) is 0 Å². The van der Waals surface area contributed by atoms with Crippen molar-refractivity contribution in [2.75, 3.05) is 33.3 Å². The van der Waals surface area contributed by atoms with Gasteiger partial charge in [0.25, 0.3) is 5.91 Å². The Hall–Kier alpha value is -2.99. The van der Waals surface area contributed by atoms with E-state index in [-0.39, 0.29) is 11.8 Å². The van der Waals surface area contributed by atoms with Gasteiger partial charge in [0, 0.05) is 43.0 Å². The number of carbonyl (C=O) groups excluding carboxylic acids is 2. The number of hydrogen-bond acceptors (Lipinski definition) is 4. The number of nitrogens with zero attached hydrogens (tertiary/aromatic N) is 2. The molecule has 0 radical (unpaired) electrons. The maximum Gasteiger partial charge on any atom is 0.289 e. The van der Waals surface area contributed by atoms with Crippen LogP contribution in [0.3, 0.4) is 0 Å². The highest BCUT2D eigenvalue weighted by Crippen LogP contribution is 2.24. The molecule has 31 heavy (non-hydrogen) atoms. The summed E-state index contributed by atoms with van der Waals surface area (Å²) < 4.78 is 10.9. The molecule has 1 fully saturated rings. The van der Waals surface area contributed by atoms with E-state index < -0.39 is 0 Å². The quantitative estimate of drug-likeness (QED) is 0.589. The second kappa shape index (κ2) is 9.43. The number of hydrogen-bond donors (Lipinski definition) is 0. The van der Waals surface area contributed by atoms with Gasteiger partial charge in [-0.15, -0.1) is 0 Å². The fraction of sp³-hybridized carbons (Fsp3) is 0.333. The van der Waals surface area contributed by atoms with Crippen LogP contribution in [0.5, 0.6) is 5.75 Å². The molecule has 0 atom stereocenters. The Morgan fingerprint density at radius 3 is 2.52 bits per heavy atom. The van der Waals surface area contributed by atoms with Gasteiger partial charge in [-0.25, -0.2) is 0 Å². The molecule has 3 aromatic rings. The van der Waals surface area contributed by atoms with Crippen LogP contribution in [0, 0.1) is 0 Å². The van der Waals surface area contributed by atoms with Crippen molar-refractivity contribution in [1.82, 2.24) is 9.80 Å². The zero-order chi connectivity index (χ0) is 21.8. The summed E-state index contributed by atoms with van der Waals surface area (Å²) in [7, 11) is 1.63. The minimum Gasteiger partial charge on any atom is -0.497 e. The van der Waals surface area contributed by atoms with Crippen LogP contribution in [0.1, 0.15) is 29.0 Å². The van der Waals surface area contributed by atoms with Crippen LogP contribution in [0.4, 0.5) is 0 Å². The lowest BCUT2D eigenvalue weighted by Crippen LogP contribution is -2.37. The smallest absolute Gasteiger partial charge is 0.289 e. The number of benzene rings is 2. The number of methoxy groups -OCH3 is 1. The number of aryl methyl sites for hydroxylation is 1. The van der Waals surface area contributed by atoms with E-state index in [1.807, 2.05) is 29.2 Å². The summed E-state index contributed by atoms with van der Waals surface area (Å²) in [6.45, 7) is 2.27. The van der Waals surface area contributed by atoms with Crippen molar-refractivity contribution in [3.63, 3.8) is 0 Å². The van der Waals surface area contributed by atoms with Gasteiger partial charge in [-0.3, -0.25) is 9.59 Å². The van der Waals surface area contributed by atoms with Crippen LogP contribution in [0.2, 0.25) is 5.02 Å². The monoisotopic (exact) mass is 440 g/mol. The molecule has 0 spiro atoms. The Bertz CT molecular complexity index is 1080. The third-order valence-electron chi connectivity index (χ3n) is 5.61. The highest BCUT2D eigenvalue weighted by Gasteiger charge is 2.24. The van der Waals surface area contributed by atoms with Crippen molar-refractivity contribution in [3.8, 4) is 5.75 Å². The van der Waals surface area contributed by atoms with E-state index in [0.29, 0.717) is 55.4 Å². The first-order valence-electron chi connectivity index (χ1n) is 10.4. The Labute approximate surface area is 186 Å². The first kappa shape index (κ1) is 21.2. The van der Waals surface area contributed by atoms with E-state index in [1.54, 1.807) is 36.3 Å². The maximum absolute atomic E-state index is 12.9. The summed E-state index contributed by atoms with van der Waals surface area (Å²) >= 11 is 6.02. The molecule has 2 heterocycles. The van der Waals surface area contributed by atoms with Crippen LogP contribution >= 0.6 is 11.6 Å². The molecule has 2 amide bonds. The van der Waals surface area contributed by atoms with Gasteiger partial charge in [-0.2, -0.15) is 0 Å². The van der Waals surface area contributed by atoms with Gasteiger partial charge >= 0.3 is 0 Å². The first-order valence-corrected chi connectivity index (χ1v) is 10.8. The first-order chi connectivity index (χ1) is 15.0. The molecule has 0 N–H and O–H groups in total. The molecule has 0 saturated carbocycles. The summed E-state index contributed by atoms with van der Waals surface area (Å²) in [5, 5.41) is 1.41. The number of ether oxygens (including phenoxy) is 1. The molecular formula is C24H25ClN2O4. The molecule has 0 unspecified atom stereocenters. The molecule has 0 aliphatic carbocycles. The highest BCUT2D eigenvalue weighted by atomic mass is 35.5. The molecule has 1 saturated heterocycles. The topological polar surface area (TPSA) is 63.0 Å². The number of furan rings is 1. The minimum atomic E-state index is -0.153. The SMILES string of the molecule is COc1ccc(CCC(=O)N2CCCN(C(=O)c3cc4cc(Cl)ccc4o3)CC2)cc1. The van der Waals surface area contributed by atoms with Crippen LogP contribution in [-0.4, -0.2) is 54.9 Å². The van der Waals surface area contributed by atoms with E-state index in [1.165, 1.54) is 0 Å². The van der Waals surface area contributed by atoms with Crippen molar-refractivity contribution in [2.45, 2.75) is 19.3 Å². The molecule has 162 valence electrons. The molecule has 0 bridgehead atoms. The fourth-order valence-electron chi connectivity index (χ4n) is 3.85. The minimum absolute atomic E-state index is 0.114. The molecule has 4 rings (SSSR count). The summed E-state index contributed by atoms with van der Waals surface area (Å²) in [6, 6.07) is 14.8. The molecule has 1 aliphatic heterocycles. The normalized spacial score (nSPS) is 14.5. The van der Waals surface area contributed by atoms with Gasteiger partial charge in [0.05, 0.1) is 7.11 Å². The average molecular weight is 441 g/mol. The number of carbonyl (C=O) groups is 2. The summed E-state index contributed by atoms with van der Waals surface area (Å²) in [4.78, 5) is 29.3. The molecular weight excluding hydrogens is 416 g/mol. The molecule has 7 heteroatoms.